The lowest BCUT2D eigenvalue weighted by Gasteiger charge is -2.00. The minimum absolute atomic E-state index is 0.903. The summed E-state index contributed by atoms with van der Waals surface area (Å²) in [4.78, 5) is 4.24. The molecule has 1 nitrogen and oxygen atoms in total. The smallest absolute Gasteiger partial charge is 0.0989 e. The molecule has 0 bridgehead atoms. The summed E-state index contributed by atoms with van der Waals surface area (Å²) in [6.07, 6.45) is 1.83. The molecule has 0 spiro atoms. The average Bonchev–Trinajstić information content (AvgIpc) is 2.03. The maximum absolute atomic E-state index is 4.24. The van der Waals surface area contributed by atoms with Crippen LogP contribution in [-0.4, -0.2) is 16.5 Å². The van der Waals surface area contributed by atoms with Crippen LogP contribution >= 0.6 is 24.4 Å². The molecule has 0 unspecified atom stereocenters. The fourth-order valence-electron chi connectivity index (χ4n) is 0.765. The van der Waals surface area contributed by atoms with Crippen LogP contribution in [0.5, 0.6) is 0 Å². The van der Waals surface area contributed by atoms with Crippen molar-refractivity contribution in [3.8, 4) is 0 Å². The second kappa shape index (κ2) is 4.67. The summed E-state index contributed by atoms with van der Waals surface area (Å²) >= 11 is 5.90. The molecule has 0 saturated carbocycles. The van der Waals surface area contributed by atoms with Crippen molar-refractivity contribution < 1.29 is 0 Å². The number of rotatable bonds is 3. The van der Waals surface area contributed by atoms with Gasteiger partial charge in [-0.2, -0.15) is 12.6 Å². The summed E-state index contributed by atoms with van der Waals surface area (Å²) in [6, 6.07) is 4.04. The van der Waals surface area contributed by atoms with Gasteiger partial charge in [0.2, 0.25) is 0 Å². The third kappa shape index (κ3) is 2.75. The van der Waals surface area contributed by atoms with Crippen LogP contribution in [0.1, 0.15) is 5.56 Å². The van der Waals surface area contributed by atoms with Gasteiger partial charge in [0.25, 0.3) is 0 Å². The Bertz CT molecular complexity index is 225. The average molecular weight is 185 g/mol. The van der Waals surface area contributed by atoms with Crippen molar-refractivity contribution in [1.82, 2.24) is 4.98 Å². The number of aromatic nitrogens is 1. The van der Waals surface area contributed by atoms with Crippen LogP contribution < -0.4 is 0 Å². The lowest BCUT2D eigenvalue weighted by Crippen LogP contribution is -1.86. The molecule has 1 heterocycles. The molecule has 1 aromatic rings. The Hall–Kier alpha value is -0.150. The summed E-state index contributed by atoms with van der Waals surface area (Å²) in [5.74, 6) is 1.93. The number of aryl methyl sites for hydroxylation is 1. The molecule has 1 rings (SSSR count). The predicted molar refractivity (Wildman–Crippen MR) is 53.6 cm³/mol. The van der Waals surface area contributed by atoms with Crippen molar-refractivity contribution in [2.75, 3.05) is 11.5 Å². The van der Waals surface area contributed by atoms with E-state index in [0.717, 1.165) is 16.5 Å². The molecule has 0 aliphatic rings. The fourth-order valence-corrected chi connectivity index (χ4v) is 1.75. The second-order valence-corrected chi connectivity index (χ2v) is 3.73. The lowest BCUT2D eigenvalue weighted by molar-refractivity contribution is 1.08. The zero-order valence-electron chi connectivity index (χ0n) is 6.45. The van der Waals surface area contributed by atoms with E-state index in [1.165, 1.54) is 5.56 Å². The van der Waals surface area contributed by atoms with Crippen LogP contribution in [0.25, 0.3) is 0 Å². The number of thioether (sulfide) groups is 1. The monoisotopic (exact) mass is 185 g/mol. The van der Waals surface area contributed by atoms with Crippen LogP contribution in [0.3, 0.4) is 0 Å². The Balaban J connectivity index is 2.62. The summed E-state index contributed by atoms with van der Waals surface area (Å²) in [5.41, 5.74) is 1.25. The van der Waals surface area contributed by atoms with E-state index < -0.39 is 0 Å². The van der Waals surface area contributed by atoms with Crippen LogP contribution in [0.4, 0.5) is 0 Å². The van der Waals surface area contributed by atoms with Crippen molar-refractivity contribution in [3.63, 3.8) is 0 Å². The molecule has 1 aromatic heterocycles. The van der Waals surface area contributed by atoms with Gasteiger partial charge in [-0.3, -0.25) is 0 Å². The van der Waals surface area contributed by atoms with Crippen molar-refractivity contribution in [3.05, 3.63) is 23.9 Å². The molecule has 0 amide bonds. The van der Waals surface area contributed by atoms with E-state index in [0.29, 0.717) is 0 Å². The molecule has 0 aliphatic heterocycles. The largest absolute Gasteiger partial charge is 0.250 e. The highest BCUT2D eigenvalue weighted by atomic mass is 32.2. The summed E-state index contributed by atoms with van der Waals surface area (Å²) in [6.45, 7) is 2.08. The summed E-state index contributed by atoms with van der Waals surface area (Å²) in [7, 11) is 0. The standard InChI is InChI=1S/C8H11NS2/c1-7-3-2-4-9-8(7)11-6-5-10/h2-4,10H,5-6H2,1H3. The van der Waals surface area contributed by atoms with Gasteiger partial charge in [-0.05, 0) is 24.3 Å². The molecule has 0 aliphatic carbocycles. The Morgan fingerprint density at radius 2 is 2.45 bits per heavy atom. The number of thiol groups is 1. The maximum atomic E-state index is 4.24. The van der Waals surface area contributed by atoms with E-state index in [1.807, 2.05) is 12.3 Å². The van der Waals surface area contributed by atoms with Crippen LogP contribution in [-0.2, 0) is 0 Å². The van der Waals surface area contributed by atoms with E-state index in [4.69, 9.17) is 0 Å². The van der Waals surface area contributed by atoms with E-state index in [9.17, 15) is 0 Å². The van der Waals surface area contributed by atoms with Crippen molar-refractivity contribution in [1.29, 1.82) is 0 Å². The fraction of sp³-hybridized carbons (Fsp3) is 0.375. The van der Waals surface area contributed by atoms with Gasteiger partial charge in [-0.1, -0.05) is 6.07 Å². The van der Waals surface area contributed by atoms with Gasteiger partial charge in [-0.15, -0.1) is 11.8 Å². The highest BCUT2D eigenvalue weighted by Crippen LogP contribution is 2.18. The molecule has 0 fully saturated rings. The number of pyridine rings is 1. The Morgan fingerprint density at radius 1 is 1.64 bits per heavy atom. The maximum Gasteiger partial charge on any atom is 0.0989 e. The molecular formula is C8H11NS2. The molecule has 0 atom stereocenters. The third-order valence-corrected chi connectivity index (χ3v) is 2.93. The highest BCUT2D eigenvalue weighted by molar-refractivity contribution is 8.00. The van der Waals surface area contributed by atoms with Gasteiger partial charge in [-0.25, -0.2) is 4.98 Å². The number of hydrogen-bond acceptors (Lipinski definition) is 3. The van der Waals surface area contributed by atoms with Crippen molar-refractivity contribution >= 4 is 24.4 Å². The normalized spacial score (nSPS) is 10.0. The summed E-state index contributed by atoms with van der Waals surface area (Å²) < 4.78 is 0. The minimum atomic E-state index is 0.903. The topological polar surface area (TPSA) is 12.9 Å². The molecule has 3 heteroatoms. The second-order valence-electron chi connectivity index (χ2n) is 2.20. The molecule has 0 aromatic carbocycles. The number of hydrogen-bond donors (Lipinski definition) is 1. The van der Waals surface area contributed by atoms with E-state index in [2.05, 4.69) is 30.6 Å². The molecule has 0 radical (unpaired) electrons. The molecule has 0 N–H and O–H groups in total. The van der Waals surface area contributed by atoms with Crippen LogP contribution in [0, 0.1) is 6.92 Å². The molecule has 0 saturated heterocycles. The van der Waals surface area contributed by atoms with Gasteiger partial charge < -0.3 is 0 Å². The van der Waals surface area contributed by atoms with Crippen LogP contribution in [0.2, 0.25) is 0 Å². The van der Waals surface area contributed by atoms with Gasteiger partial charge in [0.05, 0.1) is 5.03 Å². The van der Waals surface area contributed by atoms with E-state index >= 15 is 0 Å². The van der Waals surface area contributed by atoms with Crippen molar-refractivity contribution in [2.24, 2.45) is 0 Å². The van der Waals surface area contributed by atoms with Gasteiger partial charge in [0.15, 0.2) is 0 Å². The molecule has 60 valence electrons. The Morgan fingerprint density at radius 3 is 3.09 bits per heavy atom. The first kappa shape index (κ1) is 8.94. The predicted octanol–water partition coefficient (Wildman–Crippen LogP) is 2.41. The Labute approximate surface area is 77.0 Å². The van der Waals surface area contributed by atoms with Gasteiger partial charge >= 0.3 is 0 Å². The molecular weight excluding hydrogens is 174 g/mol. The zero-order valence-corrected chi connectivity index (χ0v) is 8.16. The first-order valence-corrected chi connectivity index (χ1v) is 5.11. The lowest BCUT2D eigenvalue weighted by atomic mass is 10.3. The van der Waals surface area contributed by atoms with E-state index in [-0.39, 0.29) is 0 Å². The highest BCUT2D eigenvalue weighted by Gasteiger charge is 1.96. The first-order valence-electron chi connectivity index (χ1n) is 3.50. The third-order valence-electron chi connectivity index (χ3n) is 1.29. The number of nitrogens with zero attached hydrogens (tertiary/aromatic N) is 1. The summed E-state index contributed by atoms with van der Waals surface area (Å²) in [5, 5.41) is 1.13. The van der Waals surface area contributed by atoms with Crippen molar-refractivity contribution in [2.45, 2.75) is 11.9 Å². The van der Waals surface area contributed by atoms with Crippen LogP contribution in [0.15, 0.2) is 23.4 Å². The molecule has 11 heavy (non-hydrogen) atoms. The van der Waals surface area contributed by atoms with Gasteiger partial charge in [0.1, 0.15) is 0 Å². The van der Waals surface area contributed by atoms with E-state index in [1.54, 1.807) is 11.8 Å². The quantitative estimate of drug-likeness (QED) is 0.573. The van der Waals surface area contributed by atoms with Gasteiger partial charge in [0, 0.05) is 11.9 Å². The zero-order chi connectivity index (χ0) is 8.10. The SMILES string of the molecule is Cc1cccnc1SCCS. The minimum Gasteiger partial charge on any atom is -0.250 e. The first-order chi connectivity index (χ1) is 5.34. The Kier molecular flexibility index (Phi) is 3.80.